The van der Waals surface area contributed by atoms with Gasteiger partial charge in [0.2, 0.25) is 5.91 Å². The highest BCUT2D eigenvalue weighted by molar-refractivity contribution is 6.05. The highest BCUT2D eigenvalue weighted by atomic mass is 16.5. The first-order chi connectivity index (χ1) is 9.74. The third-order valence-corrected chi connectivity index (χ3v) is 3.77. The number of rotatable bonds is 3. The van der Waals surface area contributed by atoms with Gasteiger partial charge in [-0.15, -0.1) is 0 Å². The molecule has 2 fully saturated rings. The van der Waals surface area contributed by atoms with Gasteiger partial charge < -0.3 is 14.5 Å². The van der Waals surface area contributed by atoms with Gasteiger partial charge in [0.05, 0.1) is 26.2 Å². The molecule has 106 valence electrons. The molecule has 0 aromatic heterocycles. The van der Waals surface area contributed by atoms with Crippen LogP contribution in [0.5, 0.6) is 0 Å². The van der Waals surface area contributed by atoms with E-state index in [0.29, 0.717) is 6.54 Å². The molecule has 5 nitrogen and oxygen atoms in total. The van der Waals surface area contributed by atoms with Gasteiger partial charge in [0.1, 0.15) is 0 Å². The van der Waals surface area contributed by atoms with Crippen molar-refractivity contribution in [1.29, 1.82) is 0 Å². The molecule has 0 saturated carbocycles. The van der Waals surface area contributed by atoms with Crippen LogP contribution in [0.15, 0.2) is 24.3 Å². The van der Waals surface area contributed by atoms with Crippen molar-refractivity contribution in [2.24, 2.45) is 0 Å². The Kier molecular flexibility index (Phi) is 3.69. The van der Waals surface area contributed by atoms with Crippen LogP contribution in [-0.2, 0) is 20.9 Å². The summed E-state index contributed by atoms with van der Waals surface area (Å²) in [5.74, 6) is -0.0503. The molecule has 0 radical (unpaired) electrons. The summed E-state index contributed by atoms with van der Waals surface area (Å²) < 4.78 is 5.37. The van der Waals surface area contributed by atoms with Gasteiger partial charge in [-0.05, 0) is 11.6 Å². The number of morpholine rings is 1. The summed E-state index contributed by atoms with van der Waals surface area (Å²) in [5, 5.41) is 0. The lowest BCUT2D eigenvalue weighted by Gasteiger charge is -2.31. The largest absolute Gasteiger partial charge is 0.378 e. The van der Waals surface area contributed by atoms with E-state index in [1.54, 1.807) is 4.90 Å². The van der Waals surface area contributed by atoms with E-state index >= 15 is 0 Å². The first-order valence-corrected chi connectivity index (χ1v) is 6.94. The molecular weight excluding hydrogens is 256 g/mol. The summed E-state index contributed by atoms with van der Waals surface area (Å²) in [6.45, 7) is 3.95. The maximum absolute atomic E-state index is 11.7. The van der Waals surface area contributed by atoms with Crippen LogP contribution in [0.1, 0.15) is 12.0 Å². The number of Topliss-reactive ketones (excluding diaryl/α,β-unsaturated/α-hetero) is 1. The number of carbonyl (C=O) groups is 2. The number of benzene rings is 1. The van der Waals surface area contributed by atoms with Crippen molar-refractivity contribution in [3.8, 4) is 0 Å². The Hall–Kier alpha value is -1.88. The molecule has 0 N–H and O–H groups in total. The summed E-state index contributed by atoms with van der Waals surface area (Å²) in [6.07, 6.45) is 0.0553. The molecule has 5 heteroatoms. The minimum absolute atomic E-state index is 0.0128. The van der Waals surface area contributed by atoms with E-state index in [4.69, 9.17) is 4.74 Å². The van der Waals surface area contributed by atoms with Gasteiger partial charge in [0.15, 0.2) is 5.78 Å². The SMILES string of the molecule is O=C1CC(=O)N(Cc2ccccc2N2CCOCC2)C1. The van der Waals surface area contributed by atoms with Crippen LogP contribution in [0.3, 0.4) is 0 Å². The molecule has 0 atom stereocenters. The summed E-state index contributed by atoms with van der Waals surface area (Å²) in [7, 11) is 0. The highest BCUT2D eigenvalue weighted by Crippen LogP contribution is 2.24. The zero-order valence-corrected chi connectivity index (χ0v) is 11.4. The van der Waals surface area contributed by atoms with E-state index in [1.165, 1.54) is 0 Å². The molecule has 2 aliphatic rings. The van der Waals surface area contributed by atoms with Crippen molar-refractivity contribution in [2.75, 3.05) is 37.7 Å². The van der Waals surface area contributed by atoms with Gasteiger partial charge in [-0.1, -0.05) is 18.2 Å². The molecule has 2 saturated heterocycles. The number of ketones is 1. The van der Waals surface area contributed by atoms with E-state index in [0.717, 1.165) is 37.6 Å². The zero-order valence-electron chi connectivity index (χ0n) is 11.4. The first-order valence-electron chi connectivity index (χ1n) is 6.94. The predicted molar refractivity (Wildman–Crippen MR) is 74.5 cm³/mol. The molecule has 3 rings (SSSR count). The van der Waals surface area contributed by atoms with E-state index in [9.17, 15) is 9.59 Å². The number of hydrogen-bond donors (Lipinski definition) is 0. The van der Waals surface area contributed by atoms with E-state index in [2.05, 4.69) is 11.0 Å². The molecule has 2 heterocycles. The van der Waals surface area contributed by atoms with Gasteiger partial charge in [0, 0.05) is 25.3 Å². The Morgan fingerprint density at radius 2 is 1.85 bits per heavy atom. The molecular formula is C15H18N2O3. The molecule has 0 bridgehead atoms. The van der Waals surface area contributed by atoms with Crippen molar-refractivity contribution >= 4 is 17.4 Å². The Balaban J connectivity index is 1.79. The Labute approximate surface area is 118 Å². The van der Waals surface area contributed by atoms with Crippen molar-refractivity contribution < 1.29 is 14.3 Å². The van der Waals surface area contributed by atoms with Crippen molar-refractivity contribution in [2.45, 2.75) is 13.0 Å². The molecule has 0 aliphatic carbocycles. The van der Waals surface area contributed by atoms with Gasteiger partial charge in [-0.2, -0.15) is 0 Å². The third-order valence-electron chi connectivity index (χ3n) is 3.77. The first kappa shape index (κ1) is 13.1. The minimum atomic E-state index is -0.0632. The second-order valence-electron chi connectivity index (χ2n) is 5.19. The molecule has 20 heavy (non-hydrogen) atoms. The Bertz CT molecular complexity index is 524. The van der Waals surface area contributed by atoms with Gasteiger partial charge in [-0.3, -0.25) is 9.59 Å². The van der Waals surface area contributed by atoms with Crippen molar-refractivity contribution in [3.05, 3.63) is 29.8 Å². The molecule has 0 unspecified atom stereocenters. The van der Waals surface area contributed by atoms with Gasteiger partial charge in [0.25, 0.3) is 0 Å². The van der Waals surface area contributed by atoms with Crippen LogP contribution in [-0.4, -0.2) is 49.4 Å². The monoisotopic (exact) mass is 274 g/mol. The smallest absolute Gasteiger partial charge is 0.230 e. The summed E-state index contributed by atoms with van der Waals surface area (Å²) in [5.41, 5.74) is 2.24. The Morgan fingerprint density at radius 3 is 2.55 bits per heavy atom. The standard InChI is InChI=1S/C15H18N2O3/c18-13-9-15(19)17(11-13)10-12-3-1-2-4-14(12)16-5-7-20-8-6-16/h1-4H,5-11H2. The lowest BCUT2D eigenvalue weighted by Crippen LogP contribution is -2.37. The zero-order chi connectivity index (χ0) is 13.9. The van der Waals surface area contributed by atoms with Gasteiger partial charge >= 0.3 is 0 Å². The van der Waals surface area contributed by atoms with Crippen LogP contribution < -0.4 is 4.90 Å². The van der Waals surface area contributed by atoms with Crippen molar-refractivity contribution in [3.63, 3.8) is 0 Å². The summed E-state index contributed by atoms with van der Waals surface area (Å²) in [4.78, 5) is 27.0. The average Bonchev–Trinajstić information content (AvgIpc) is 2.78. The maximum atomic E-state index is 11.7. The fourth-order valence-corrected chi connectivity index (χ4v) is 2.74. The summed E-state index contributed by atoms with van der Waals surface area (Å²) in [6, 6.07) is 8.08. The summed E-state index contributed by atoms with van der Waals surface area (Å²) >= 11 is 0. The lowest BCUT2D eigenvalue weighted by molar-refractivity contribution is -0.128. The van der Waals surface area contributed by atoms with E-state index in [1.807, 2.05) is 18.2 Å². The molecule has 1 amide bonds. The number of likely N-dealkylation sites (tertiary alicyclic amines) is 1. The number of hydrogen-bond acceptors (Lipinski definition) is 4. The van der Waals surface area contributed by atoms with Gasteiger partial charge in [-0.25, -0.2) is 0 Å². The van der Waals surface area contributed by atoms with Crippen LogP contribution in [0, 0.1) is 0 Å². The Morgan fingerprint density at radius 1 is 1.10 bits per heavy atom. The average molecular weight is 274 g/mol. The van der Waals surface area contributed by atoms with E-state index < -0.39 is 0 Å². The molecule has 1 aromatic carbocycles. The number of nitrogens with zero attached hydrogens (tertiary/aromatic N) is 2. The van der Waals surface area contributed by atoms with Crippen LogP contribution in [0.2, 0.25) is 0 Å². The number of amides is 1. The third kappa shape index (κ3) is 2.67. The van der Waals surface area contributed by atoms with Crippen LogP contribution >= 0.6 is 0 Å². The normalized spacial score (nSPS) is 19.8. The quantitative estimate of drug-likeness (QED) is 0.766. The second kappa shape index (κ2) is 5.63. The molecule has 0 spiro atoms. The van der Waals surface area contributed by atoms with Crippen LogP contribution in [0.4, 0.5) is 5.69 Å². The number of ether oxygens (including phenoxy) is 1. The molecule has 2 aliphatic heterocycles. The number of carbonyl (C=O) groups excluding carboxylic acids is 2. The molecule has 1 aromatic rings. The minimum Gasteiger partial charge on any atom is -0.378 e. The second-order valence-corrected chi connectivity index (χ2v) is 5.19. The fourth-order valence-electron chi connectivity index (χ4n) is 2.74. The lowest BCUT2D eigenvalue weighted by atomic mass is 10.1. The number of anilines is 1. The highest BCUT2D eigenvalue weighted by Gasteiger charge is 2.28. The maximum Gasteiger partial charge on any atom is 0.230 e. The van der Waals surface area contributed by atoms with Crippen molar-refractivity contribution in [1.82, 2.24) is 4.90 Å². The fraction of sp³-hybridized carbons (Fsp3) is 0.467. The topological polar surface area (TPSA) is 49.9 Å². The van der Waals surface area contributed by atoms with Crippen LogP contribution in [0.25, 0.3) is 0 Å². The predicted octanol–water partition coefficient (Wildman–Crippen LogP) is 0.825. The van der Waals surface area contributed by atoms with E-state index in [-0.39, 0.29) is 24.7 Å². The number of para-hydroxylation sites is 1.